The van der Waals surface area contributed by atoms with E-state index in [0.29, 0.717) is 41.5 Å². The lowest BCUT2D eigenvalue weighted by Crippen LogP contribution is -2.51. The van der Waals surface area contributed by atoms with Crippen LogP contribution in [-0.4, -0.2) is 50.6 Å². The van der Waals surface area contributed by atoms with Gasteiger partial charge >= 0.3 is 0 Å². The van der Waals surface area contributed by atoms with Crippen molar-refractivity contribution >= 4 is 21.6 Å². The smallest absolute Gasteiger partial charge is 0.258 e. The van der Waals surface area contributed by atoms with E-state index in [2.05, 4.69) is 15.4 Å². The van der Waals surface area contributed by atoms with E-state index < -0.39 is 21.9 Å². The van der Waals surface area contributed by atoms with Crippen molar-refractivity contribution in [3.05, 3.63) is 53.6 Å². The highest BCUT2D eigenvalue weighted by molar-refractivity contribution is 7.92. The minimum absolute atomic E-state index is 0.0625. The number of rotatable bonds is 9. The largest absolute Gasteiger partial charge is 0.492 e. The van der Waals surface area contributed by atoms with Crippen LogP contribution in [0.25, 0.3) is 0 Å². The van der Waals surface area contributed by atoms with Crippen LogP contribution in [0.2, 0.25) is 0 Å². The molecule has 0 radical (unpaired) electrons. The Bertz CT molecular complexity index is 1070. The number of hydrogen-bond donors (Lipinski definition) is 4. The summed E-state index contributed by atoms with van der Waals surface area (Å²) in [5, 5.41) is 16.4. The molecule has 2 atom stereocenters. The summed E-state index contributed by atoms with van der Waals surface area (Å²) >= 11 is 0. The molecule has 0 bridgehead atoms. The first-order valence-corrected chi connectivity index (χ1v) is 12.1. The van der Waals surface area contributed by atoms with Crippen LogP contribution in [0.1, 0.15) is 42.8 Å². The molecule has 9 nitrogen and oxygen atoms in total. The lowest BCUT2D eigenvalue weighted by molar-refractivity contribution is 0.0431. The van der Waals surface area contributed by atoms with Crippen molar-refractivity contribution in [1.29, 1.82) is 0 Å². The van der Waals surface area contributed by atoms with E-state index in [4.69, 9.17) is 9.47 Å². The molecule has 1 aliphatic rings. The Morgan fingerprint density at radius 2 is 1.88 bits per heavy atom. The van der Waals surface area contributed by atoms with Crippen LogP contribution in [0, 0.1) is 0 Å². The molecule has 174 valence electrons. The van der Waals surface area contributed by atoms with Gasteiger partial charge in [0.1, 0.15) is 18.1 Å². The fraction of sp³-hybridized carbons (Fsp3) is 0.409. The van der Waals surface area contributed by atoms with Crippen molar-refractivity contribution in [2.24, 2.45) is 0 Å². The van der Waals surface area contributed by atoms with Crippen LogP contribution < -0.4 is 24.8 Å². The zero-order valence-corrected chi connectivity index (χ0v) is 19.3. The van der Waals surface area contributed by atoms with Gasteiger partial charge < -0.3 is 25.2 Å². The van der Waals surface area contributed by atoms with Crippen LogP contribution in [0.3, 0.4) is 0 Å². The van der Waals surface area contributed by atoms with Gasteiger partial charge in [0.2, 0.25) is 10.0 Å². The molecular formula is C22H29N3O6S. The monoisotopic (exact) mass is 463 g/mol. The summed E-state index contributed by atoms with van der Waals surface area (Å²) in [5.41, 5.74) is 0.779. The molecule has 3 rings (SSSR count). The molecule has 1 amide bonds. The number of aliphatic hydroxyl groups excluding tert-OH is 1. The predicted octanol–water partition coefficient (Wildman–Crippen LogP) is 2.01. The summed E-state index contributed by atoms with van der Waals surface area (Å²) < 4.78 is 36.5. The Hall–Kier alpha value is -2.82. The quantitative estimate of drug-likeness (QED) is 0.448. The minimum atomic E-state index is -3.34. The molecule has 0 aliphatic carbocycles. The number of amides is 1. The summed E-state index contributed by atoms with van der Waals surface area (Å²) in [6, 6.07) is 11.6. The van der Waals surface area contributed by atoms with E-state index in [1.165, 1.54) is 0 Å². The number of sulfonamides is 1. The maximum absolute atomic E-state index is 12.1. The lowest BCUT2D eigenvalue weighted by Gasteiger charge is -2.33. The molecule has 2 unspecified atom stereocenters. The molecule has 10 heteroatoms. The summed E-state index contributed by atoms with van der Waals surface area (Å²) in [6.07, 6.45) is 0.320. The molecule has 0 aromatic heterocycles. The van der Waals surface area contributed by atoms with Crippen LogP contribution in [0.4, 0.5) is 5.69 Å². The van der Waals surface area contributed by atoms with E-state index >= 15 is 0 Å². The Labute approximate surface area is 188 Å². The van der Waals surface area contributed by atoms with Crippen LogP contribution in [0.15, 0.2) is 42.5 Å². The third-order valence-electron chi connectivity index (χ3n) is 4.74. The highest BCUT2D eigenvalue weighted by Crippen LogP contribution is 2.31. The third kappa shape index (κ3) is 6.59. The second-order valence-corrected chi connectivity index (χ2v) is 10.1. The van der Waals surface area contributed by atoms with Gasteiger partial charge in [-0.1, -0.05) is 12.1 Å². The number of ether oxygens (including phenoxy) is 2. The first kappa shape index (κ1) is 23.8. The van der Waals surface area contributed by atoms with Gasteiger partial charge in [0.25, 0.3) is 5.91 Å². The van der Waals surface area contributed by atoms with Crippen LogP contribution in [-0.2, 0) is 10.0 Å². The van der Waals surface area contributed by atoms with Crippen molar-refractivity contribution in [3.8, 4) is 11.5 Å². The standard InChI is InChI=1S/C22H29N3O6S/c1-14(23-12-19(26)15-5-7-16(8-6-15)25-32(4,28)29)13-30-17-9-10-18-20(11-17)31-22(2,3)24-21(18)27/h5-11,14,19,23,25-26H,12-13H2,1-4H3,(H,24,27). The molecule has 1 aliphatic heterocycles. The summed E-state index contributed by atoms with van der Waals surface area (Å²) in [6.45, 7) is 6.11. The van der Waals surface area contributed by atoms with Gasteiger partial charge in [0, 0.05) is 24.3 Å². The molecule has 0 saturated heterocycles. The van der Waals surface area contributed by atoms with Gasteiger partial charge in [-0.25, -0.2) is 8.42 Å². The van der Waals surface area contributed by atoms with Gasteiger partial charge in [0.05, 0.1) is 17.9 Å². The van der Waals surface area contributed by atoms with Crippen molar-refractivity contribution in [2.45, 2.75) is 38.6 Å². The van der Waals surface area contributed by atoms with Crippen molar-refractivity contribution in [3.63, 3.8) is 0 Å². The number of carbonyl (C=O) groups excluding carboxylic acids is 1. The predicted molar refractivity (Wildman–Crippen MR) is 121 cm³/mol. The third-order valence-corrected chi connectivity index (χ3v) is 5.34. The Morgan fingerprint density at radius 3 is 2.53 bits per heavy atom. The second-order valence-electron chi connectivity index (χ2n) is 8.36. The van der Waals surface area contributed by atoms with E-state index in [-0.39, 0.29) is 11.9 Å². The number of benzene rings is 2. The maximum atomic E-state index is 12.1. The SMILES string of the molecule is CC(COc1ccc2c(c1)OC(C)(C)NC2=O)NCC(O)c1ccc(NS(C)(=O)=O)cc1. The molecule has 0 saturated carbocycles. The second kappa shape index (κ2) is 9.35. The van der Waals surface area contributed by atoms with Gasteiger partial charge in [-0.3, -0.25) is 9.52 Å². The molecule has 32 heavy (non-hydrogen) atoms. The van der Waals surface area contributed by atoms with Crippen molar-refractivity contribution in [1.82, 2.24) is 10.6 Å². The van der Waals surface area contributed by atoms with Gasteiger partial charge in [-0.2, -0.15) is 0 Å². The van der Waals surface area contributed by atoms with Crippen LogP contribution >= 0.6 is 0 Å². The molecule has 2 aromatic carbocycles. The molecule has 1 heterocycles. The lowest BCUT2D eigenvalue weighted by atomic mass is 10.1. The average Bonchev–Trinajstić information content (AvgIpc) is 2.68. The normalized spacial score (nSPS) is 16.8. The maximum Gasteiger partial charge on any atom is 0.258 e. The topological polar surface area (TPSA) is 126 Å². The van der Waals surface area contributed by atoms with E-state index in [1.54, 1.807) is 56.3 Å². The van der Waals surface area contributed by atoms with E-state index in [0.717, 1.165) is 6.26 Å². The highest BCUT2D eigenvalue weighted by Gasteiger charge is 2.31. The van der Waals surface area contributed by atoms with Crippen LogP contribution in [0.5, 0.6) is 11.5 Å². The number of anilines is 1. The summed E-state index contributed by atoms with van der Waals surface area (Å²) in [7, 11) is -3.34. The summed E-state index contributed by atoms with van der Waals surface area (Å²) in [4.78, 5) is 12.1. The van der Waals surface area contributed by atoms with E-state index in [9.17, 15) is 18.3 Å². The Balaban J connectivity index is 1.49. The number of fused-ring (bicyclic) bond motifs is 1. The average molecular weight is 464 g/mol. The minimum Gasteiger partial charge on any atom is -0.492 e. The summed E-state index contributed by atoms with van der Waals surface area (Å²) in [5.74, 6) is 0.866. The van der Waals surface area contributed by atoms with Gasteiger partial charge in [-0.05, 0) is 50.6 Å². The fourth-order valence-electron chi connectivity index (χ4n) is 3.20. The fourth-order valence-corrected chi connectivity index (χ4v) is 3.77. The molecular weight excluding hydrogens is 434 g/mol. The molecule has 0 fully saturated rings. The molecule has 0 spiro atoms. The number of nitrogens with one attached hydrogen (secondary N) is 3. The van der Waals surface area contributed by atoms with E-state index in [1.807, 2.05) is 6.92 Å². The zero-order chi connectivity index (χ0) is 23.5. The number of aliphatic hydroxyl groups is 1. The van der Waals surface area contributed by atoms with Crippen molar-refractivity contribution in [2.75, 3.05) is 24.1 Å². The molecule has 4 N–H and O–H groups in total. The van der Waals surface area contributed by atoms with Gasteiger partial charge in [-0.15, -0.1) is 0 Å². The number of carbonyl (C=O) groups is 1. The Kier molecular flexibility index (Phi) is 6.97. The zero-order valence-electron chi connectivity index (χ0n) is 18.5. The van der Waals surface area contributed by atoms with Crippen molar-refractivity contribution < 1.29 is 27.8 Å². The highest BCUT2D eigenvalue weighted by atomic mass is 32.2. The molecule has 2 aromatic rings. The Morgan fingerprint density at radius 1 is 1.19 bits per heavy atom. The first-order valence-electron chi connectivity index (χ1n) is 10.2. The van der Waals surface area contributed by atoms with Gasteiger partial charge in [0.15, 0.2) is 5.72 Å². The first-order chi connectivity index (χ1) is 14.9. The number of hydrogen-bond acceptors (Lipinski definition) is 7.